The molecule has 1 aromatic carbocycles. The maximum Gasteiger partial charge on any atom is 0.217 e. The number of ether oxygens (including phenoxy) is 2. The number of aliphatic hydroxyl groups excluding tert-OH is 1. The van der Waals surface area contributed by atoms with Gasteiger partial charge in [-0.15, -0.1) is 5.10 Å². The van der Waals surface area contributed by atoms with Crippen LogP contribution in [-0.2, 0) is 22.6 Å². The maximum atomic E-state index is 9.51. The van der Waals surface area contributed by atoms with Crippen LogP contribution in [0.15, 0.2) is 29.0 Å². The highest BCUT2D eigenvalue weighted by atomic mass is 79.9. The number of benzene rings is 1. The summed E-state index contributed by atoms with van der Waals surface area (Å²) in [5.41, 5.74) is 1.70. The van der Waals surface area contributed by atoms with Crippen molar-refractivity contribution in [2.75, 3.05) is 13.2 Å². The van der Waals surface area contributed by atoms with Crippen LogP contribution in [0.25, 0.3) is 11.4 Å². The van der Waals surface area contributed by atoms with Gasteiger partial charge in [-0.3, -0.25) is 0 Å². The number of nitrogens with zero attached hydrogens (tertiary/aromatic N) is 3. The topological polar surface area (TPSA) is 69.4 Å². The van der Waals surface area contributed by atoms with E-state index in [1.54, 1.807) is 4.68 Å². The molecule has 1 atom stereocenters. The average molecular weight is 382 g/mol. The monoisotopic (exact) mass is 381 g/mol. The maximum absolute atomic E-state index is 9.51. The fourth-order valence-electron chi connectivity index (χ4n) is 2.66. The van der Waals surface area contributed by atoms with Crippen molar-refractivity contribution in [1.82, 2.24) is 14.8 Å². The summed E-state index contributed by atoms with van der Waals surface area (Å²) in [4.78, 5) is 4.43. The summed E-state index contributed by atoms with van der Waals surface area (Å²) in [5.74, 6) is 0.717. The Balaban J connectivity index is 1.70. The van der Waals surface area contributed by atoms with Crippen LogP contribution in [0, 0.1) is 0 Å². The summed E-state index contributed by atoms with van der Waals surface area (Å²) in [6, 6.07) is 7.64. The first-order valence-corrected chi connectivity index (χ1v) is 8.60. The predicted octanol–water partition coefficient (Wildman–Crippen LogP) is 2.74. The van der Waals surface area contributed by atoms with Crippen LogP contribution in [0.5, 0.6) is 0 Å². The lowest BCUT2D eigenvalue weighted by Gasteiger charge is -2.22. The number of hydrogen-bond donors (Lipinski definition) is 1. The van der Waals surface area contributed by atoms with E-state index in [0.717, 1.165) is 42.8 Å². The minimum absolute atomic E-state index is 0.0347. The van der Waals surface area contributed by atoms with Crippen LogP contribution in [0.2, 0.25) is 0 Å². The molecule has 1 aromatic heterocycles. The van der Waals surface area contributed by atoms with E-state index in [1.807, 2.05) is 24.3 Å². The normalized spacial score (nSPS) is 18.3. The van der Waals surface area contributed by atoms with E-state index < -0.39 is 0 Å². The molecular weight excluding hydrogens is 362 g/mol. The molecule has 1 unspecified atom stereocenters. The molecule has 6 nitrogen and oxygen atoms in total. The Morgan fingerprint density at radius 1 is 1.35 bits per heavy atom. The van der Waals surface area contributed by atoms with Gasteiger partial charge >= 0.3 is 0 Å². The molecule has 3 rings (SSSR count). The van der Waals surface area contributed by atoms with E-state index in [4.69, 9.17) is 9.47 Å². The minimum atomic E-state index is -0.108. The van der Waals surface area contributed by atoms with Crippen molar-refractivity contribution >= 4 is 15.9 Å². The van der Waals surface area contributed by atoms with Crippen molar-refractivity contribution in [3.8, 4) is 11.4 Å². The van der Waals surface area contributed by atoms with Crippen LogP contribution in [0.1, 0.15) is 24.8 Å². The standard InChI is InChI=1S/C16H20BrN3O3/c17-16-18-15(13-6-2-1-5-12(13)11-21)20(19-16)8-10-23-14-7-3-4-9-22-14/h1-2,5-6,14,21H,3-4,7-11H2. The lowest BCUT2D eigenvalue weighted by atomic mass is 10.1. The third-order valence-corrected chi connectivity index (χ3v) is 4.16. The lowest BCUT2D eigenvalue weighted by molar-refractivity contribution is -0.163. The summed E-state index contributed by atoms with van der Waals surface area (Å²) in [5, 5.41) is 13.9. The largest absolute Gasteiger partial charge is 0.392 e. The van der Waals surface area contributed by atoms with Crippen molar-refractivity contribution in [2.45, 2.75) is 38.7 Å². The van der Waals surface area contributed by atoms with E-state index in [1.165, 1.54) is 0 Å². The number of aromatic nitrogens is 3. The van der Waals surface area contributed by atoms with Crippen molar-refractivity contribution in [3.63, 3.8) is 0 Å². The lowest BCUT2D eigenvalue weighted by Crippen LogP contribution is -2.24. The van der Waals surface area contributed by atoms with E-state index in [9.17, 15) is 5.11 Å². The second-order valence-corrected chi connectivity index (χ2v) is 6.12. The van der Waals surface area contributed by atoms with Crippen LogP contribution in [0.3, 0.4) is 0 Å². The summed E-state index contributed by atoms with van der Waals surface area (Å²) in [6.45, 7) is 1.82. The van der Waals surface area contributed by atoms with Crippen molar-refractivity contribution < 1.29 is 14.6 Å². The first-order chi connectivity index (χ1) is 11.3. The van der Waals surface area contributed by atoms with Gasteiger partial charge in [0.15, 0.2) is 12.1 Å². The fraction of sp³-hybridized carbons (Fsp3) is 0.500. The van der Waals surface area contributed by atoms with Crippen molar-refractivity contribution in [3.05, 3.63) is 34.6 Å². The molecule has 0 amide bonds. The van der Waals surface area contributed by atoms with Gasteiger partial charge in [-0.05, 0) is 40.8 Å². The summed E-state index contributed by atoms with van der Waals surface area (Å²) >= 11 is 3.32. The quantitative estimate of drug-likeness (QED) is 0.832. The van der Waals surface area contributed by atoms with Gasteiger partial charge in [0.05, 0.1) is 19.8 Å². The molecule has 2 heterocycles. The molecule has 1 saturated heterocycles. The van der Waals surface area contributed by atoms with Gasteiger partial charge in [-0.25, -0.2) is 9.67 Å². The molecule has 0 bridgehead atoms. The Bertz CT molecular complexity index is 641. The zero-order valence-corrected chi connectivity index (χ0v) is 14.4. The Hall–Kier alpha value is -1.28. The van der Waals surface area contributed by atoms with Gasteiger partial charge in [-0.2, -0.15) is 0 Å². The molecule has 1 aliphatic rings. The third-order valence-electron chi connectivity index (χ3n) is 3.82. The fourth-order valence-corrected chi connectivity index (χ4v) is 3.02. The van der Waals surface area contributed by atoms with E-state index in [-0.39, 0.29) is 12.9 Å². The van der Waals surface area contributed by atoms with Crippen LogP contribution < -0.4 is 0 Å². The van der Waals surface area contributed by atoms with Crippen LogP contribution in [-0.4, -0.2) is 39.4 Å². The first kappa shape index (κ1) is 16.6. The van der Waals surface area contributed by atoms with Crippen LogP contribution >= 0.6 is 15.9 Å². The van der Waals surface area contributed by atoms with Crippen molar-refractivity contribution in [2.24, 2.45) is 0 Å². The Kier molecular flexibility index (Phi) is 5.77. The third kappa shape index (κ3) is 4.17. The van der Waals surface area contributed by atoms with E-state index >= 15 is 0 Å². The second-order valence-electron chi connectivity index (χ2n) is 5.41. The highest BCUT2D eigenvalue weighted by Crippen LogP contribution is 2.23. The summed E-state index contributed by atoms with van der Waals surface area (Å²) < 4.78 is 13.6. The van der Waals surface area contributed by atoms with Crippen LogP contribution in [0.4, 0.5) is 0 Å². The molecule has 124 valence electrons. The van der Waals surface area contributed by atoms with Gasteiger partial charge < -0.3 is 14.6 Å². The summed E-state index contributed by atoms with van der Waals surface area (Å²) in [7, 11) is 0. The molecular formula is C16H20BrN3O3. The van der Waals surface area contributed by atoms with Gasteiger partial charge in [0.2, 0.25) is 4.73 Å². The number of rotatable bonds is 6. The molecule has 1 fully saturated rings. The Labute approximate surface area is 143 Å². The SMILES string of the molecule is OCc1ccccc1-c1nc(Br)nn1CCOC1CCCCO1. The smallest absolute Gasteiger partial charge is 0.217 e. The first-order valence-electron chi connectivity index (χ1n) is 7.80. The Morgan fingerprint density at radius 3 is 3.00 bits per heavy atom. The van der Waals surface area contributed by atoms with Crippen molar-refractivity contribution in [1.29, 1.82) is 0 Å². The number of halogens is 1. The molecule has 0 aliphatic carbocycles. The zero-order chi connectivity index (χ0) is 16.1. The predicted molar refractivity (Wildman–Crippen MR) is 88.6 cm³/mol. The van der Waals surface area contributed by atoms with Gasteiger partial charge in [0, 0.05) is 12.2 Å². The van der Waals surface area contributed by atoms with E-state index in [2.05, 4.69) is 26.0 Å². The van der Waals surface area contributed by atoms with Gasteiger partial charge in [0.25, 0.3) is 0 Å². The molecule has 7 heteroatoms. The van der Waals surface area contributed by atoms with Gasteiger partial charge in [-0.1, -0.05) is 24.3 Å². The summed E-state index contributed by atoms with van der Waals surface area (Å²) in [6.07, 6.45) is 3.09. The molecule has 1 N–H and O–H groups in total. The molecule has 0 radical (unpaired) electrons. The average Bonchev–Trinajstić information content (AvgIpc) is 2.96. The molecule has 0 spiro atoms. The molecule has 0 saturated carbocycles. The van der Waals surface area contributed by atoms with Gasteiger partial charge in [0.1, 0.15) is 0 Å². The number of hydrogen-bond acceptors (Lipinski definition) is 5. The minimum Gasteiger partial charge on any atom is -0.392 e. The Morgan fingerprint density at radius 2 is 2.22 bits per heavy atom. The van der Waals surface area contributed by atoms with E-state index in [0.29, 0.717) is 17.9 Å². The highest BCUT2D eigenvalue weighted by molar-refractivity contribution is 9.10. The number of aliphatic hydroxyl groups is 1. The zero-order valence-electron chi connectivity index (χ0n) is 12.8. The highest BCUT2D eigenvalue weighted by Gasteiger charge is 2.16. The molecule has 2 aromatic rings. The molecule has 23 heavy (non-hydrogen) atoms. The molecule has 1 aliphatic heterocycles. The second kappa shape index (κ2) is 8.01.